The van der Waals surface area contributed by atoms with Crippen molar-refractivity contribution in [3.8, 4) is 12.3 Å². The average molecular weight is 970 g/mol. The van der Waals surface area contributed by atoms with Crippen molar-refractivity contribution in [3.63, 3.8) is 0 Å². The fraction of sp³-hybridized carbons (Fsp3) is 0.654. The lowest BCUT2D eigenvalue weighted by Crippen LogP contribution is -2.52. The summed E-state index contributed by atoms with van der Waals surface area (Å²) < 4.78 is 10.8. The van der Waals surface area contributed by atoms with Gasteiger partial charge in [0.1, 0.15) is 23.3 Å². The molecule has 4 aliphatic rings. The van der Waals surface area contributed by atoms with Gasteiger partial charge in [-0.1, -0.05) is 90.4 Å². The maximum atomic E-state index is 12.6. The molecule has 2 aliphatic heterocycles. The van der Waals surface area contributed by atoms with E-state index >= 15 is 0 Å². The van der Waals surface area contributed by atoms with Gasteiger partial charge in [-0.25, -0.2) is 9.78 Å². The SMILES string of the molecule is C#CC1/C=C(OC)\C=C/C/C(OC)=C\C(c2csc(NC(C)C)n2)=N1.CC.CCC/C=C\CCCCC.CN.O=C(NCC(=O)N1CCC[C@H]1CO)NC(C(=O)C1CC1)C1CCCCC1.O=CO. The second-order valence-electron chi connectivity index (χ2n) is 16.5. The van der Waals surface area contributed by atoms with E-state index in [2.05, 4.69) is 77.4 Å². The number of hydrogen-bond acceptors (Lipinski definition) is 12. The van der Waals surface area contributed by atoms with Crippen LogP contribution in [0.1, 0.15) is 150 Å². The van der Waals surface area contributed by atoms with Gasteiger partial charge in [0.15, 0.2) is 10.9 Å². The lowest BCUT2D eigenvalue weighted by atomic mass is 9.81. The number of aromatic nitrogens is 1. The normalized spacial score (nSPS) is 20.1. The molecule has 3 amide bonds. The molecular weight excluding hydrogens is 883 g/mol. The standard InChI is InChI=1S/C19H31N3O4.C19H23N3O2S.C10H20.C2H6.CH5N.CH2O2/c23-12-15-7-4-10-22(15)16(24)11-20-19(26)21-17(18(25)14-8-9-14)13-5-2-1-3-6-13;1-6-14-10-15(23-4)8-7-9-16(24-5)11-17(21-14)18-12-25-19(22-18)20-13(2)3;1-3-5-7-9-10-8-6-4-2;2*1-2;2-1-3/h13-15,17,23H,1-12H2,(H2,20,21,26);1,7-8,10-14H,9H2,2-5H3,(H,20,22);7,9H,3-6,8,10H2,1-2H3;1-2H3;2H2,1H3;1H,(H,2,3)/b;8-7-,15-10+,16-11+,21-17?;9-7-;;;/t15-,17?;;;;;/m0...../s1. The number of carbonyl (C=O) groups is 4. The topological polar surface area (TPSA) is 218 Å². The number of nitrogens with two attached hydrogens (primary N) is 1. The summed E-state index contributed by atoms with van der Waals surface area (Å²) in [5, 5.41) is 27.8. The van der Waals surface area contributed by atoms with Crippen LogP contribution in [0.15, 0.2) is 58.3 Å². The zero-order valence-corrected chi connectivity index (χ0v) is 43.6. The molecule has 15 nitrogen and oxygen atoms in total. The first-order valence-corrected chi connectivity index (χ1v) is 25.6. The number of nitrogens with zero attached hydrogens (tertiary/aromatic N) is 3. The van der Waals surface area contributed by atoms with E-state index in [-0.39, 0.29) is 49.2 Å². The van der Waals surface area contributed by atoms with E-state index in [9.17, 15) is 19.5 Å². The lowest BCUT2D eigenvalue weighted by Gasteiger charge is -2.30. The Kier molecular flexibility index (Phi) is 37.0. The number of aliphatic hydroxyl groups is 1. The Bertz CT molecular complexity index is 1740. The zero-order valence-electron chi connectivity index (χ0n) is 42.8. The van der Waals surface area contributed by atoms with Crippen LogP contribution in [0.3, 0.4) is 0 Å². The average Bonchev–Trinajstić information content (AvgIpc) is 3.93. The second kappa shape index (κ2) is 40.0. The molecule has 1 saturated heterocycles. The number of anilines is 1. The van der Waals surface area contributed by atoms with Crippen LogP contribution in [0.5, 0.6) is 0 Å². The molecular formula is C52H87N7O8S. The molecule has 16 heteroatoms. The van der Waals surface area contributed by atoms with Crippen molar-refractivity contribution in [2.24, 2.45) is 22.6 Å². The molecule has 7 N–H and O–H groups in total. The summed E-state index contributed by atoms with van der Waals surface area (Å²) in [6, 6.07) is -1.15. The van der Waals surface area contributed by atoms with Crippen molar-refractivity contribution in [1.82, 2.24) is 20.5 Å². The van der Waals surface area contributed by atoms with Gasteiger partial charge in [-0.3, -0.25) is 19.4 Å². The number of carbonyl (C=O) groups excluding carboxylic acids is 3. The lowest BCUT2D eigenvalue weighted by molar-refractivity contribution is -0.131. The Morgan fingerprint density at radius 3 is 2.25 bits per heavy atom. The van der Waals surface area contributed by atoms with Crippen molar-refractivity contribution in [3.05, 3.63) is 59.0 Å². The van der Waals surface area contributed by atoms with Crippen LogP contribution >= 0.6 is 11.3 Å². The molecule has 0 aromatic carbocycles. The minimum atomic E-state index is -0.453. The van der Waals surface area contributed by atoms with Gasteiger partial charge in [-0.15, -0.1) is 17.8 Å². The first-order valence-electron chi connectivity index (χ1n) is 24.7. The number of carboxylic acid groups (broad SMARTS) is 1. The molecule has 1 aromatic rings. The van der Waals surface area contributed by atoms with Crippen LogP contribution < -0.4 is 21.7 Å². The number of ether oxygens (including phenoxy) is 2. The third-order valence-corrected chi connectivity index (χ3v) is 11.7. The highest BCUT2D eigenvalue weighted by atomic mass is 32.1. The first kappa shape index (κ1) is 63.0. The first-order chi connectivity index (χ1) is 33.0. The quantitative estimate of drug-likeness (QED) is 0.0353. The van der Waals surface area contributed by atoms with Crippen LogP contribution in [0.2, 0.25) is 0 Å². The molecule has 68 heavy (non-hydrogen) atoms. The molecule has 384 valence electrons. The van der Waals surface area contributed by atoms with Crippen molar-refractivity contribution in [1.29, 1.82) is 0 Å². The van der Waals surface area contributed by atoms with Gasteiger partial charge in [-0.05, 0) is 96.8 Å². The fourth-order valence-electron chi connectivity index (χ4n) is 7.38. The molecule has 1 aromatic heterocycles. The molecule has 0 bridgehead atoms. The highest BCUT2D eigenvalue weighted by molar-refractivity contribution is 7.13. The van der Waals surface area contributed by atoms with E-state index in [0.717, 1.165) is 68.0 Å². The van der Waals surface area contributed by atoms with Crippen molar-refractivity contribution < 1.29 is 38.9 Å². The predicted octanol–water partition coefficient (Wildman–Crippen LogP) is 9.20. The van der Waals surface area contributed by atoms with Gasteiger partial charge in [0.05, 0.1) is 45.2 Å². The molecule has 5 rings (SSSR count). The van der Waals surface area contributed by atoms with E-state index in [0.29, 0.717) is 30.5 Å². The summed E-state index contributed by atoms with van der Waals surface area (Å²) in [6.45, 7) is 12.8. The number of unbranched alkanes of at least 4 members (excludes halogenated alkanes) is 4. The number of rotatable bonds is 18. The van der Waals surface area contributed by atoms with Gasteiger partial charge < -0.3 is 46.3 Å². The number of thiazole rings is 1. The van der Waals surface area contributed by atoms with Gasteiger partial charge in [0, 0.05) is 36.4 Å². The highest BCUT2D eigenvalue weighted by Gasteiger charge is 2.39. The summed E-state index contributed by atoms with van der Waals surface area (Å²) in [5.74, 6) is 4.42. The summed E-state index contributed by atoms with van der Waals surface area (Å²) in [6.07, 6.45) is 35.2. The van der Waals surface area contributed by atoms with Gasteiger partial charge >= 0.3 is 6.03 Å². The molecule has 0 radical (unpaired) electrons. The summed E-state index contributed by atoms with van der Waals surface area (Å²) in [5.41, 5.74) is 5.95. The summed E-state index contributed by atoms with van der Waals surface area (Å²) in [7, 11) is 4.75. The summed E-state index contributed by atoms with van der Waals surface area (Å²) >= 11 is 1.54. The molecule has 3 heterocycles. The largest absolute Gasteiger partial charge is 0.501 e. The van der Waals surface area contributed by atoms with Gasteiger partial charge in [0.25, 0.3) is 6.47 Å². The maximum absolute atomic E-state index is 12.6. The number of urea groups is 1. The van der Waals surface area contributed by atoms with Crippen LogP contribution in [0.4, 0.5) is 9.93 Å². The minimum Gasteiger partial charge on any atom is -0.501 e. The Morgan fingerprint density at radius 2 is 1.68 bits per heavy atom. The number of hydrogen-bond donors (Lipinski definition) is 6. The number of ketones is 1. The Labute approximate surface area is 413 Å². The fourth-order valence-corrected chi connectivity index (χ4v) is 8.23. The molecule has 2 unspecified atom stereocenters. The smallest absolute Gasteiger partial charge is 0.315 e. The Hall–Kier alpha value is -4.98. The number of allylic oxidation sites excluding steroid dienone is 5. The van der Waals surface area contributed by atoms with Crippen molar-refractivity contribution in [2.75, 3.05) is 46.3 Å². The van der Waals surface area contributed by atoms with Gasteiger partial charge in [-0.2, -0.15) is 0 Å². The molecule has 3 atom stereocenters. The Balaban J connectivity index is 0.000000997. The molecule has 2 saturated carbocycles. The number of likely N-dealkylation sites (tertiary alicyclic amines) is 1. The number of methoxy groups -OCH3 is 2. The van der Waals surface area contributed by atoms with Crippen LogP contribution in [0.25, 0.3) is 0 Å². The number of amides is 3. The number of nitrogens with one attached hydrogen (secondary N) is 3. The maximum Gasteiger partial charge on any atom is 0.315 e. The number of aliphatic hydroxyl groups excluding tert-OH is 1. The second-order valence-corrected chi connectivity index (χ2v) is 17.3. The molecule has 3 fully saturated rings. The van der Waals surface area contributed by atoms with Crippen LogP contribution in [-0.4, -0.2) is 115 Å². The minimum absolute atomic E-state index is 0.0441. The van der Waals surface area contributed by atoms with Crippen LogP contribution in [0, 0.1) is 24.2 Å². The van der Waals surface area contributed by atoms with Crippen molar-refractivity contribution >= 4 is 46.4 Å². The van der Waals surface area contributed by atoms with Crippen LogP contribution in [-0.2, 0) is 23.9 Å². The van der Waals surface area contributed by atoms with E-state index in [1.165, 1.54) is 63.3 Å². The number of aliphatic imine (C=N–C) groups is 1. The zero-order chi connectivity index (χ0) is 51.1. The van der Waals surface area contributed by atoms with Gasteiger partial charge in [0.2, 0.25) is 5.91 Å². The molecule has 2 aliphatic carbocycles. The molecule has 0 spiro atoms. The number of terminal acetylenes is 1. The van der Waals surface area contributed by atoms with Crippen molar-refractivity contribution in [2.45, 2.75) is 168 Å². The number of Topliss-reactive ketones (excluding diaryl/α,β-unsaturated/α-hetero) is 1. The third-order valence-electron chi connectivity index (χ3n) is 10.9. The van der Waals surface area contributed by atoms with E-state index in [1.54, 1.807) is 19.1 Å². The Morgan fingerprint density at radius 1 is 1.00 bits per heavy atom. The van der Waals surface area contributed by atoms with E-state index in [1.807, 2.05) is 43.5 Å². The third kappa shape index (κ3) is 26.5. The van der Waals surface area contributed by atoms with E-state index in [4.69, 9.17) is 25.8 Å². The summed E-state index contributed by atoms with van der Waals surface area (Å²) in [4.78, 5) is 56.5. The monoisotopic (exact) mass is 970 g/mol. The predicted molar refractivity (Wildman–Crippen MR) is 279 cm³/mol. The van der Waals surface area contributed by atoms with E-state index < -0.39 is 18.1 Å². The highest BCUT2D eigenvalue weighted by Crippen LogP contribution is 2.35.